The molecule has 0 radical (unpaired) electrons. The quantitative estimate of drug-likeness (QED) is 0.899. The molecule has 0 spiro atoms. The molecule has 1 amide bonds. The molecule has 2 aromatic heterocycles. The summed E-state index contributed by atoms with van der Waals surface area (Å²) in [5, 5.41) is 5.15. The van der Waals surface area contributed by atoms with Crippen LogP contribution >= 0.6 is 11.3 Å². The van der Waals surface area contributed by atoms with Gasteiger partial charge in [-0.05, 0) is 30.5 Å². The number of aromatic nitrogens is 2. The van der Waals surface area contributed by atoms with Crippen LogP contribution in [0.1, 0.15) is 16.5 Å². The fourth-order valence-electron chi connectivity index (χ4n) is 2.33. The third kappa shape index (κ3) is 2.13. The van der Waals surface area contributed by atoms with Crippen LogP contribution < -0.4 is 10.2 Å². The average molecular weight is 274 g/mol. The fraction of sp³-hybridized carbons (Fsp3) is 0.308. The number of thiophene rings is 1. The van der Waals surface area contributed by atoms with E-state index in [4.69, 9.17) is 0 Å². The molecule has 3 heterocycles. The Morgan fingerprint density at radius 1 is 1.47 bits per heavy atom. The molecule has 0 bridgehead atoms. The predicted octanol–water partition coefficient (Wildman–Crippen LogP) is 1.39. The summed E-state index contributed by atoms with van der Waals surface area (Å²) >= 11 is 1.63. The Balaban J connectivity index is 1.99. The second kappa shape index (κ2) is 5.07. The van der Waals surface area contributed by atoms with E-state index < -0.39 is 0 Å². The van der Waals surface area contributed by atoms with Gasteiger partial charge in [0, 0.05) is 23.8 Å². The van der Waals surface area contributed by atoms with Crippen molar-refractivity contribution in [2.45, 2.75) is 12.5 Å². The van der Waals surface area contributed by atoms with Crippen LogP contribution in [-0.2, 0) is 11.2 Å². The molecule has 6 heteroatoms. The summed E-state index contributed by atoms with van der Waals surface area (Å²) in [6.45, 7) is 0.638. The molecule has 1 aliphatic heterocycles. The van der Waals surface area contributed by atoms with E-state index in [9.17, 15) is 4.79 Å². The molecule has 0 aliphatic carbocycles. The fourth-order valence-corrected chi connectivity index (χ4v) is 3.39. The third-order valence-electron chi connectivity index (χ3n) is 3.28. The van der Waals surface area contributed by atoms with Crippen molar-refractivity contribution in [1.82, 2.24) is 15.3 Å². The Hall–Kier alpha value is -1.79. The van der Waals surface area contributed by atoms with Crippen LogP contribution in [0, 0.1) is 0 Å². The van der Waals surface area contributed by atoms with Crippen LogP contribution in [0.4, 0.5) is 5.82 Å². The standard InChI is InChI=1S/C13H14N4OS/c1-14-11-12-9(3-7-19-12)2-6-17(13(11)18)10-8-15-4-5-16-10/h3-5,7-8,11,14H,2,6H2,1H3. The normalized spacial score (nSPS) is 19.1. The number of anilines is 1. The van der Waals surface area contributed by atoms with E-state index in [1.54, 1.807) is 34.8 Å². The summed E-state index contributed by atoms with van der Waals surface area (Å²) in [6.07, 6.45) is 5.69. The van der Waals surface area contributed by atoms with Gasteiger partial charge < -0.3 is 5.32 Å². The molecule has 0 saturated heterocycles. The van der Waals surface area contributed by atoms with Gasteiger partial charge in [-0.1, -0.05) is 0 Å². The number of fused-ring (bicyclic) bond motifs is 1. The highest BCUT2D eigenvalue weighted by molar-refractivity contribution is 7.10. The highest BCUT2D eigenvalue weighted by Crippen LogP contribution is 2.30. The summed E-state index contributed by atoms with van der Waals surface area (Å²) in [7, 11) is 1.81. The number of amides is 1. The first-order chi connectivity index (χ1) is 9.31. The molecule has 1 N–H and O–H groups in total. The van der Waals surface area contributed by atoms with Gasteiger partial charge in [-0.25, -0.2) is 4.98 Å². The summed E-state index contributed by atoms with van der Waals surface area (Å²) in [5.41, 5.74) is 1.24. The van der Waals surface area contributed by atoms with Crippen LogP contribution in [0.2, 0.25) is 0 Å². The topological polar surface area (TPSA) is 58.1 Å². The van der Waals surface area contributed by atoms with Crippen molar-refractivity contribution in [3.63, 3.8) is 0 Å². The number of carbonyl (C=O) groups excluding carboxylic acids is 1. The van der Waals surface area contributed by atoms with Gasteiger partial charge in [0.15, 0.2) is 5.82 Å². The lowest BCUT2D eigenvalue weighted by Crippen LogP contribution is -2.39. The summed E-state index contributed by atoms with van der Waals surface area (Å²) < 4.78 is 0. The Bertz CT molecular complexity index is 583. The van der Waals surface area contributed by atoms with Gasteiger partial charge in [0.05, 0.1) is 6.20 Å². The lowest BCUT2D eigenvalue weighted by Gasteiger charge is -2.22. The molecule has 1 atom stereocenters. The van der Waals surface area contributed by atoms with Crippen LogP contribution in [0.5, 0.6) is 0 Å². The van der Waals surface area contributed by atoms with Gasteiger partial charge in [0.2, 0.25) is 0 Å². The molecule has 2 aromatic rings. The third-order valence-corrected chi connectivity index (χ3v) is 4.30. The zero-order valence-corrected chi connectivity index (χ0v) is 11.4. The zero-order valence-electron chi connectivity index (χ0n) is 10.5. The number of carbonyl (C=O) groups is 1. The smallest absolute Gasteiger partial charge is 0.250 e. The number of hydrogen-bond donors (Lipinski definition) is 1. The summed E-state index contributed by atoms with van der Waals surface area (Å²) in [6, 6.07) is 1.80. The molecule has 0 saturated carbocycles. The molecule has 1 aliphatic rings. The highest BCUT2D eigenvalue weighted by Gasteiger charge is 2.32. The lowest BCUT2D eigenvalue weighted by atomic mass is 10.1. The molecule has 0 fully saturated rings. The molecular weight excluding hydrogens is 260 g/mol. The number of hydrogen-bond acceptors (Lipinski definition) is 5. The monoisotopic (exact) mass is 274 g/mol. The lowest BCUT2D eigenvalue weighted by molar-refractivity contribution is -0.120. The van der Waals surface area contributed by atoms with E-state index >= 15 is 0 Å². The molecule has 98 valence electrons. The van der Waals surface area contributed by atoms with Crippen molar-refractivity contribution in [3.8, 4) is 0 Å². The predicted molar refractivity (Wildman–Crippen MR) is 74.2 cm³/mol. The van der Waals surface area contributed by atoms with Gasteiger partial charge in [-0.3, -0.25) is 14.7 Å². The van der Waals surface area contributed by atoms with Crippen LogP contribution in [0.25, 0.3) is 0 Å². The first-order valence-corrected chi connectivity index (χ1v) is 7.00. The minimum absolute atomic E-state index is 0.0317. The first-order valence-electron chi connectivity index (χ1n) is 6.12. The van der Waals surface area contributed by atoms with Gasteiger partial charge in [0.1, 0.15) is 6.04 Å². The van der Waals surface area contributed by atoms with Gasteiger partial charge in [0.25, 0.3) is 5.91 Å². The largest absolute Gasteiger partial charge is 0.305 e. The molecule has 5 nitrogen and oxygen atoms in total. The molecule has 19 heavy (non-hydrogen) atoms. The minimum Gasteiger partial charge on any atom is -0.305 e. The van der Waals surface area contributed by atoms with Crippen molar-refractivity contribution in [1.29, 1.82) is 0 Å². The second-order valence-electron chi connectivity index (χ2n) is 4.34. The van der Waals surface area contributed by atoms with E-state index in [1.165, 1.54) is 5.56 Å². The zero-order chi connectivity index (χ0) is 13.2. The minimum atomic E-state index is -0.292. The molecular formula is C13H14N4OS. The summed E-state index contributed by atoms with van der Waals surface area (Å²) in [5.74, 6) is 0.645. The Kier molecular flexibility index (Phi) is 3.27. The Morgan fingerprint density at radius 2 is 2.37 bits per heavy atom. The van der Waals surface area contributed by atoms with E-state index in [0.29, 0.717) is 12.4 Å². The Morgan fingerprint density at radius 3 is 3.11 bits per heavy atom. The molecule has 3 rings (SSSR count). The van der Waals surface area contributed by atoms with Crippen LogP contribution in [-0.4, -0.2) is 29.5 Å². The first kappa shape index (κ1) is 12.3. The molecule has 1 unspecified atom stereocenters. The maximum atomic E-state index is 12.6. The van der Waals surface area contributed by atoms with E-state index in [-0.39, 0.29) is 11.9 Å². The van der Waals surface area contributed by atoms with E-state index in [2.05, 4.69) is 21.4 Å². The number of nitrogens with zero attached hydrogens (tertiary/aromatic N) is 3. The molecule has 0 aromatic carbocycles. The number of rotatable bonds is 2. The number of likely N-dealkylation sites (N-methyl/N-ethyl adjacent to an activating group) is 1. The van der Waals surface area contributed by atoms with Crippen molar-refractivity contribution < 1.29 is 4.79 Å². The van der Waals surface area contributed by atoms with E-state index in [0.717, 1.165) is 11.3 Å². The van der Waals surface area contributed by atoms with E-state index in [1.807, 2.05) is 12.4 Å². The number of nitrogens with one attached hydrogen (secondary N) is 1. The Labute approximate surface area is 115 Å². The second-order valence-corrected chi connectivity index (χ2v) is 5.28. The van der Waals surface area contributed by atoms with Gasteiger partial charge in [-0.2, -0.15) is 0 Å². The van der Waals surface area contributed by atoms with Crippen molar-refractivity contribution in [2.24, 2.45) is 0 Å². The summed E-state index contributed by atoms with van der Waals surface area (Å²) in [4.78, 5) is 23.7. The van der Waals surface area contributed by atoms with Gasteiger partial charge >= 0.3 is 0 Å². The van der Waals surface area contributed by atoms with Gasteiger partial charge in [-0.15, -0.1) is 11.3 Å². The SMILES string of the molecule is CNC1C(=O)N(c2cnccn2)CCc2ccsc21. The van der Waals surface area contributed by atoms with Crippen LogP contribution in [0.3, 0.4) is 0 Å². The highest BCUT2D eigenvalue weighted by atomic mass is 32.1. The maximum absolute atomic E-state index is 12.6. The van der Waals surface area contributed by atoms with Crippen molar-refractivity contribution >= 4 is 23.1 Å². The average Bonchev–Trinajstić information content (AvgIpc) is 2.85. The van der Waals surface area contributed by atoms with Crippen molar-refractivity contribution in [3.05, 3.63) is 40.5 Å². The van der Waals surface area contributed by atoms with Crippen LogP contribution in [0.15, 0.2) is 30.0 Å². The maximum Gasteiger partial charge on any atom is 0.250 e. The van der Waals surface area contributed by atoms with Crippen molar-refractivity contribution in [2.75, 3.05) is 18.5 Å².